The van der Waals surface area contributed by atoms with E-state index in [0.29, 0.717) is 35.8 Å². The number of rotatable bonds is 12. The summed E-state index contributed by atoms with van der Waals surface area (Å²) in [5.74, 6) is -0.423. The topological polar surface area (TPSA) is 141 Å². The van der Waals surface area contributed by atoms with Crippen LogP contribution in [-0.4, -0.2) is 80.3 Å². The zero-order valence-electron chi connectivity index (χ0n) is 29.9. The van der Waals surface area contributed by atoms with Gasteiger partial charge in [-0.1, -0.05) is 49.4 Å². The maximum atomic E-state index is 14.9. The quantitative estimate of drug-likeness (QED) is 0.203. The average Bonchev–Trinajstić information content (AvgIpc) is 3.55. The Morgan fingerprint density at radius 3 is 2.49 bits per heavy atom. The van der Waals surface area contributed by atoms with Crippen molar-refractivity contribution < 1.29 is 33.8 Å². The number of nitrogens with one attached hydrogen (secondary N) is 2. The van der Waals surface area contributed by atoms with E-state index in [4.69, 9.17) is 9.47 Å². The Bertz CT molecular complexity index is 1710. The Balaban J connectivity index is 1.27. The molecule has 0 radical (unpaired) electrons. The number of benzene rings is 3. The summed E-state index contributed by atoms with van der Waals surface area (Å²) in [7, 11) is -1.45. The molecule has 1 spiro atoms. The molecule has 0 bridgehead atoms. The predicted octanol–water partition coefficient (Wildman–Crippen LogP) is 4.39. The van der Waals surface area contributed by atoms with Crippen LogP contribution in [0.5, 0.6) is 5.75 Å². The highest BCUT2D eigenvalue weighted by molar-refractivity contribution is 6.71. The summed E-state index contributed by atoms with van der Waals surface area (Å²) in [6.45, 7) is 7.76. The lowest BCUT2D eigenvalue weighted by atomic mass is 9.82. The number of aliphatic hydroxyl groups is 1. The lowest BCUT2D eigenvalue weighted by Crippen LogP contribution is -2.46. The first-order valence-electron chi connectivity index (χ1n) is 17.9. The smallest absolute Gasteiger partial charge is 0.264 e. The number of piperidine rings is 1. The monoisotopic (exact) mass is 714 g/mol. The second-order valence-corrected chi connectivity index (χ2v) is 18.6. The third-order valence-corrected chi connectivity index (χ3v) is 13.2. The summed E-state index contributed by atoms with van der Waals surface area (Å²) in [5.41, 5.74) is 1.94. The minimum atomic E-state index is -3.03. The molecule has 0 aliphatic carbocycles. The fraction of sp³-hybridized carbons (Fsp3) is 0.462. The van der Waals surface area contributed by atoms with Crippen LogP contribution in [0.4, 0.5) is 11.4 Å². The summed E-state index contributed by atoms with van der Waals surface area (Å²) in [4.78, 5) is 56.6. The van der Waals surface area contributed by atoms with E-state index in [0.717, 1.165) is 30.5 Å². The molecule has 0 saturated carbocycles. The van der Waals surface area contributed by atoms with Crippen LogP contribution in [0, 0.1) is 11.8 Å². The van der Waals surface area contributed by atoms with Gasteiger partial charge in [-0.05, 0) is 73.9 Å². The van der Waals surface area contributed by atoms with Crippen LogP contribution in [-0.2, 0) is 37.8 Å². The minimum absolute atomic E-state index is 0.000600. The number of nitrogens with zero attached hydrogens (tertiary/aromatic N) is 2. The second-order valence-electron chi connectivity index (χ2n) is 14.6. The zero-order chi connectivity index (χ0) is 36.3. The maximum Gasteiger partial charge on any atom is 0.264 e. The third kappa shape index (κ3) is 7.47. The molecule has 12 heteroatoms. The first-order chi connectivity index (χ1) is 24.5. The van der Waals surface area contributed by atoms with Gasteiger partial charge < -0.3 is 39.8 Å². The van der Waals surface area contributed by atoms with Crippen molar-refractivity contribution in [1.29, 1.82) is 0 Å². The molecule has 51 heavy (non-hydrogen) atoms. The number of fused-ring (bicyclic) bond motifs is 2. The normalized spacial score (nSPS) is 24.4. The van der Waals surface area contributed by atoms with Gasteiger partial charge in [0.15, 0.2) is 13.9 Å². The van der Waals surface area contributed by atoms with Gasteiger partial charge in [0.05, 0.1) is 44.4 Å². The van der Waals surface area contributed by atoms with Crippen LogP contribution in [0.25, 0.3) is 0 Å². The summed E-state index contributed by atoms with van der Waals surface area (Å²) < 4.78 is 12.5. The van der Waals surface area contributed by atoms with E-state index in [9.17, 15) is 24.3 Å². The van der Waals surface area contributed by atoms with E-state index >= 15 is 0 Å². The first kappa shape index (κ1) is 36.7. The van der Waals surface area contributed by atoms with Gasteiger partial charge in [-0.2, -0.15) is 0 Å². The van der Waals surface area contributed by atoms with E-state index in [1.807, 2.05) is 92.8 Å². The first-order valence-corrected chi connectivity index (χ1v) is 20.9. The zero-order valence-corrected chi connectivity index (χ0v) is 30.9. The summed E-state index contributed by atoms with van der Waals surface area (Å²) in [6, 6.07) is 22.6. The molecule has 5 atom stereocenters. The van der Waals surface area contributed by atoms with Crippen molar-refractivity contribution in [1.82, 2.24) is 10.2 Å². The number of aliphatic hydroxyl groups excluding tert-OH is 1. The van der Waals surface area contributed by atoms with Crippen LogP contribution < -0.4 is 20.3 Å². The lowest BCUT2D eigenvalue weighted by molar-refractivity contribution is -0.150. The second kappa shape index (κ2) is 15.3. The Morgan fingerprint density at radius 1 is 1.10 bits per heavy atom. The van der Waals surface area contributed by atoms with Gasteiger partial charge >= 0.3 is 0 Å². The van der Waals surface area contributed by atoms with Gasteiger partial charge in [0.25, 0.3) is 5.91 Å². The van der Waals surface area contributed by atoms with Crippen LogP contribution in [0.15, 0.2) is 72.8 Å². The van der Waals surface area contributed by atoms with E-state index in [1.165, 1.54) is 0 Å². The molecule has 4 N–H and O–H groups in total. The van der Waals surface area contributed by atoms with Gasteiger partial charge in [0, 0.05) is 42.3 Å². The number of hydrogen-bond donors (Lipinski definition) is 4. The SMILES string of the molecule is COc1ccc2c(c1)[C@@]1(O[C@H](CC(=O)N(CCO)Cc3ccccc3)[C@@H]([Si](C)(C)O)[C@@H]1C)C(=O)N2Cc1ccc(NC(=O)C2CCCNC2)cc1. The Kier molecular flexibility index (Phi) is 11.0. The lowest BCUT2D eigenvalue weighted by Gasteiger charge is -2.32. The highest BCUT2D eigenvalue weighted by Gasteiger charge is 2.66. The highest BCUT2D eigenvalue weighted by Crippen LogP contribution is 2.60. The number of amides is 3. The summed E-state index contributed by atoms with van der Waals surface area (Å²) in [5, 5.41) is 16.1. The highest BCUT2D eigenvalue weighted by atomic mass is 28.4. The van der Waals surface area contributed by atoms with E-state index < -0.39 is 31.5 Å². The number of carbonyl (C=O) groups excluding carboxylic acids is 3. The Hall–Kier alpha value is -4.07. The van der Waals surface area contributed by atoms with Crippen molar-refractivity contribution in [3.63, 3.8) is 0 Å². The standard InChI is InChI=1S/C39H50N4O7Si/c1-26-36(51(3,4)48)34(22-35(45)42(19-20-44)24-27-9-6-5-7-10-27)50-39(26)32-21-31(49-2)16-17-33(32)43(38(39)47)25-28-12-14-30(15-13-28)41-37(46)29-11-8-18-40-23-29/h5-7,9-10,12-17,21,26,29,34,36,40,44,48H,8,11,18-20,22-25H2,1-4H3,(H,41,46)/t26-,29?,34+,36-,39+/m0/s1. The Labute approximate surface area is 301 Å². The van der Waals surface area contributed by atoms with Crippen molar-refractivity contribution in [2.24, 2.45) is 11.8 Å². The van der Waals surface area contributed by atoms with Crippen molar-refractivity contribution >= 4 is 37.4 Å². The van der Waals surface area contributed by atoms with Crippen LogP contribution in [0.3, 0.4) is 0 Å². The molecule has 3 aliphatic heterocycles. The predicted molar refractivity (Wildman–Crippen MR) is 198 cm³/mol. The van der Waals surface area contributed by atoms with E-state index in [2.05, 4.69) is 10.6 Å². The number of anilines is 2. The number of hydrogen-bond acceptors (Lipinski definition) is 8. The van der Waals surface area contributed by atoms with Crippen molar-refractivity contribution in [3.8, 4) is 5.75 Å². The fourth-order valence-corrected chi connectivity index (χ4v) is 10.8. The summed E-state index contributed by atoms with van der Waals surface area (Å²) >= 11 is 0. The molecule has 6 rings (SSSR count). The van der Waals surface area contributed by atoms with E-state index in [1.54, 1.807) is 16.9 Å². The van der Waals surface area contributed by atoms with Gasteiger partial charge in [-0.15, -0.1) is 0 Å². The molecule has 11 nitrogen and oxygen atoms in total. The molecular weight excluding hydrogens is 665 g/mol. The molecule has 1 unspecified atom stereocenters. The van der Waals surface area contributed by atoms with Crippen LogP contribution >= 0.6 is 0 Å². The Morgan fingerprint density at radius 2 is 1.84 bits per heavy atom. The van der Waals surface area contributed by atoms with Crippen LogP contribution in [0.2, 0.25) is 18.6 Å². The van der Waals surface area contributed by atoms with Gasteiger partial charge in [-0.3, -0.25) is 14.4 Å². The molecule has 3 aliphatic rings. The van der Waals surface area contributed by atoms with Gasteiger partial charge in [0.2, 0.25) is 11.8 Å². The van der Waals surface area contributed by atoms with E-state index in [-0.39, 0.29) is 49.8 Å². The molecule has 3 aromatic carbocycles. The molecular formula is C39H50N4O7Si. The number of carbonyl (C=O) groups is 3. The maximum absolute atomic E-state index is 14.9. The molecule has 3 amide bonds. The molecule has 2 saturated heterocycles. The number of ether oxygens (including phenoxy) is 2. The third-order valence-electron chi connectivity index (χ3n) is 10.7. The summed E-state index contributed by atoms with van der Waals surface area (Å²) in [6.07, 6.45) is 1.06. The van der Waals surface area contributed by atoms with Gasteiger partial charge in [0.1, 0.15) is 5.75 Å². The molecule has 272 valence electrons. The average molecular weight is 715 g/mol. The number of methoxy groups -OCH3 is 1. The minimum Gasteiger partial charge on any atom is -0.497 e. The molecule has 3 aromatic rings. The van der Waals surface area contributed by atoms with Crippen LogP contribution in [0.1, 0.15) is 42.9 Å². The van der Waals surface area contributed by atoms with Crippen molar-refractivity contribution in [2.75, 3.05) is 43.6 Å². The van der Waals surface area contributed by atoms with Gasteiger partial charge in [-0.25, -0.2) is 0 Å². The van der Waals surface area contributed by atoms with Crippen molar-refractivity contribution in [3.05, 3.63) is 89.5 Å². The molecule has 3 heterocycles. The molecule has 2 fully saturated rings. The fourth-order valence-electron chi connectivity index (χ4n) is 8.25. The molecule has 0 aromatic heterocycles. The van der Waals surface area contributed by atoms with Crippen molar-refractivity contribution in [2.45, 2.75) is 69.6 Å². The largest absolute Gasteiger partial charge is 0.497 e.